The van der Waals surface area contributed by atoms with Crippen molar-refractivity contribution in [3.8, 4) is 44.9 Å². The summed E-state index contributed by atoms with van der Waals surface area (Å²) in [5.74, 6) is -0.583. The van der Waals surface area contributed by atoms with Crippen LogP contribution in [-0.2, 0) is 14.3 Å². The molecule has 0 aliphatic rings. The Morgan fingerprint density at radius 2 is 1.10 bits per heavy atom. The van der Waals surface area contributed by atoms with Crippen LogP contribution < -0.4 is 9.47 Å². The molecule has 0 heterocycles. The molecule has 0 unspecified atom stereocenters. The number of hydrogen-bond donors (Lipinski definition) is 0. The molecule has 0 spiro atoms. The summed E-state index contributed by atoms with van der Waals surface area (Å²) in [6.45, 7) is 8.89. The Balaban J connectivity index is 1.45. The highest BCUT2D eigenvalue weighted by Crippen LogP contribution is 2.31. The monoisotopic (exact) mass is 522 g/mol. The van der Waals surface area contributed by atoms with Crippen LogP contribution in [0.1, 0.15) is 6.92 Å². The van der Waals surface area contributed by atoms with E-state index < -0.39 is 11.9 Å². The number of esters is 2. The number of rotatable bonds is 9. The first kappa shape index (κ1) is 27.2. The molecule has 0 aromatic heterocycles. The predicted octanol–water partition coefficient (Wildman–Crippen LogP) is 7.42. The van der Waals surface area contributed by atoms with Gasteiger partial charge in [-0.15, -0.1) is 0 Å². The lowest BCUT2D eigenvalue weighted by molar-refractivity contribution is -0.131. The van der Waals surface area contributed by atoms with Crippen LogP contribution in [0.5, 0.6) is 11.5 Å². The molecule has 4 aromatic carbocycles. The molecule has 5 nitrogen and oxygen atoms in total. The van der Waals surface area contributed by atoms with Crippen molar-refractivity contribution >= 4 is 11.9 Å². The quantitative estimate of drug-likeness (QED) is 0.130. The van der Waals surface area contributed by atoms with Gasteiger partial charge < -0.3 is 14.2 Å². The van der Waals surface area contributed by atoms with E-state index in [0.717, 1.165) is 22.3 Å². The van der Waals surface area contributed by atoms with Crippen molar-refractivity contribution in [2.75, 3.05) is 13.7 Å². The van der Waals surface area contributed by atoms with E-state index in [9.17, 15) is 9.59 Å². The molecule has 4 rings (SSSR count). The van der Waals surface area contributed by atoms with E-state index in [1.54, 1.807) is 49.4 Å². The molecular weight excluding hydrogens is 495 g/mol. The van der Waals surface area contributed by atoms with Crippen LogP contribution >= 0.6 is 0 Å². The Hall–Kier alpha value is -4.81. The highest BCUT2D eigenvalue weighted by atomic mass is 19.1. The standard InChI is InChI=1S/C33H27FO5/c1-21(2)32(35)38-28-14-9-24(10-15-28)23-5-7-26(8-6-23)30-18-13-27(19-31(30)34)25-11-16-29(17-12-25)39-33(36)22(3)20-37-4/h5-19H,1,3,20H2,2,4H3. The molecule has 0 aliphatic carbocycles. The molecule has 0 N–H and O–H groups in total. The lowest BCUT2D eigenvalue weighted by atomic mass is 9.97. The van der Waals surface area contributed by atoms with E-state index in [1.807, 2.05) is 42.5 Å². The summed E-state index contributed by atoms with van der Waals surface area (Å²) in [7, 11) is 1.47. The highest BCUT2D eigenvalue weighted by molar-refractivity contribution is 5.90. The normalized spacial score (nSPS) is 10.5. The van der Waals surface area contributed by atoms with Gasteiger partial charge in [0.2, 0.25) is 0 Å². The molecule has 196 valence electrons. The van der Waals surface area contributed by atoms with Gasteiger partial charge in [0, 0.05) is 18.2 Å². The van der Waals surface area contributed by atoms with Gasteiger partial charge in [0.25, 0.3) is 0 Å². The zero-order valence-electron chi connectivity index (χ0n) is 21.7. The fraction of sp³-hybridized carbons (Fsp3) is 0.0909. The van der Waals surface area contributed by atoms with Crippen LogP contribution in [0.2, 0.25) is 0 Å². The molecule has 0 saturated carbocycles. The second kappa shape index (κ2) is 12.2. The van der Waals surface area contributed by atoms with Crippen molar-refractivity contribution < 1.29 is 28.2 Å². The van der Waals surface area contributed by atoms with Gasteiger partial charge in [0.05, 0.1) is 12.2 Å². The number of carbonyl (C=O) groups is 2. The van der Waals surface area contributed by atoms with Gasteiger partial charge in [-0.1, -0.05) is 73.8 Å². The smallest absolute Gasteiger partial charge is 0.341 e. The second-order valence-corrected chi connectivity index (χ2v) is 8.92. The lowest BCUT2D eigenvalue weighted by Gasteiger charge is -2.10. The van der Waals surface area contributed by atoms with Crippen molar-refractivity contribution in [3.63, 3.8) is 0 Å². The summed E-state index contributed by atoms with van der Waals surface area (Å²) < 4.78 is 30.5. The van der Waals surface area contributed by atoms with Gasteiger partial charge in [-0.05, 0) is 65.1 Å². The minimum atomic E-state index is -0.563. The van der Waals surface area contributed by atoms with Crippen LogP contribution in [0.3, 0.4) is 0 Å². The molecule has 6 heteroatoms. The Bertz CT molecular complexity index is 1520. The van der Waals surface area contributed by atoms with Crippen molar-refractivity contribution in [2.45, 2.75) is 6.92 Å². The molecular formula is C33H27FO5. The number of carbonyl (C=O) groups excluding carboxylic acids is 2. The van der Waals surface area contributed by atoms with Crippen molar-refractivity contribution in [3.05, 3.63) is 121 Å². The maximum absolute atomic E-state index is 15.1. The zero-order valence-corrected chi connectivity index (χ0v) is 21.7. The molecule has 0 fully saturated rings. The molecule has 0 radical (unpaired) electrons. The summed E-state index contributed by atoms with van der Waals surface area (Å²) in [4.78, 5) is 23.7. The third-order valence-corrected chi connectivity index (χ3v) is 5.92. The number of methoxy groups -OCH3 is 1. The van der Waals surface area contributed by atoms with E-state index >= 15 is 4.39 Å². The number of halogens is 1. The number of hydrogen-bond acceptors (Lipinski definition) is 5. The summed E-state index contributed by atoms with van der Waals surface area (Å²) >= 11 is 0. The van der Waals surface area contributed by atoms with E-state index in [0.29, 0.717) is 28.2 Å². The molecule has 39 heavy (non-hydrogen) atoms. The molecule has 0 amide bonds. The van der Waals surface area contributed by atoms with Gasteiger partial charge in [0.1, 0.15) is 17.3 Å². The molecule has 0 atom stereocenters. The minimum Gasteiger partial charge on any atom is -0.423 e. The minimum absolute atomic E-state index is 0.0904. The summed E-state index contributed by atoms with van der Waals surface area (Å²) in [6.07, 6.45) is 0. The first-order valence-electron chi connectivity index (χ1n) is 12.1. The lowest BCUT2D eigenvalue weighted by Crippen LogP contribution is -2.13. The molecule has 4 aromatic rings. The average Bonchev–Trinajstić information content (AvgIpc) is 2.94. The highest BCUT2D eigenvalue weighted by Gasteiger charge is 2.12. The summed E-state index contributed by atoms with van der Waals surface area (Å²) in [6, 6.07) is 26.6. The van der Waals surface area contributed by atoms with Gasteiger partial charge in [-0.2, -0.15) is 0 Å². The molecule has 0 bridgehead atoms. The van der Waals surface area contributed by atoms with Crippen LogP contribution in [0.4, 0.5) is 4.39 Å². The van der Waals surface area contributed by atoms with Crippen LogP contribution in [0.25, 0.3) is 33.4 Å². The van der Waals surface area contributed by atoms with Crippen molar-refractivity contribution in [1.82, 2.24) is 0 Å². The topological polar surface area (TPSA) is 61.8 Å². The molecule has 0 saturated heterocycles. The van der Waals surface area contributed by atoms with Gasteiger partial charge >= 0.3 is 11.9 Å². The van der Waals surface area contributed by atoms with E-state index in [4.69, 9.17) is 14.2 Å². The van der Waals surface area contributed by atoms with E-state index in [1.165, 1.54) is 13.2 Å². The number of ether oxygens (including phenoxy) is 3. The summed E-state index contributed by atoms with van der Waals surface area (Å²) in [5, 5.41) is 0. The average molecular weight is 523 g/mol. The first-order chi connectivity index (χ1) is 18.7. The Kier molecular flexibility index (Phi) is 8.49. The zero-order chi connectivity index (χ0) is 27.9. The van der Waals surface area contributed by atoms with Crippen LogP contribution in [0, 0.1) is 5.82 Å². The maximum Gasteiger partial charge on any atom is 0.341 e. The Morgan fingerprint density at radius 3 is 1.59 bits per heavy atom. The Labute approximate surface area is 226 Å². The third kappa shape index (κ3) is 6.74. The molecule has 0 aliphatic heterocycles. The van der Waals surface area contributed by atoms with Gasteiger partial charge in [-0.3, -0.25) is 0 Å². The third-order valence-electron chi connectivity index (χ3n) is 5.92. The summed E-state index contributed by atoms with van der Waals surface area (Å²) in [5.41, 5.74) is 5.13. The predicted molar refractivity (Wildman–Crippen MR) is 150 cm³/mol. The van der Waals surface area contributed by atoms with Crippen molar-refractivity contribution in [1.29, 1.82) is 0 Å². The van der Waals surface area contributed by atoms with E-state index in [-0.39, 0.29) is 18.0 Å². The SMILES string of the molecule is C=C(C)C(=O)Oc1ccc(-c2ccc(-c3ccc(-c4ccc(OC(=O)C(=C)COC)cc4)cc3F)cc2)cc1. The van der Waals surface area contributed by atoms with E-state index in [2.05, 4.69) is 13.2 Å². The van der Waals surface area contributed by atoms with Crippen molar-refractivity contribution in [2.24, 2.45) is 0 Å². The maximum atomic E-state index is 15.1. The van der Waals surface area contributed by atoms with Gasteiger partial charge in [-0.25, -0.2) is 14.0 Å². The fourth-order valence-corrected chi connectivity index (χ4v) is 3.81. The second-order valence-electron chi connectivity index (χ2n) is 8.92. The fourth-order valence-electron chi connectivity index (χ4n) is 3.81. The largest absolute Gasteiger partial charge is 0.423 e. The van der Waals surface area contributed by atoms with Crippen LogP contribution in [0.15, 0.2) is 115 Å². The van der Waals surface area contributed by atoms with Gasteiger partial charge in [0.15, 0.2) is 0 Å². The number of benzene rings is 4. The first-order valence-corrected chi connectivity index (χ1v) is 12.1. The Morgan fingerprint density at radius 1 is 0.667 bits per heavy atom. The van der Waals surface area contributed by atoms with Crippen LogP contribution in [-0.4, -0.2) is 25.7 Å².